The highest BCUT2D eigenvalue weighted by molar-refractivity contribution is 6.35. The SMILES string of the molecule is CC1CC(C#N)(C(=O)Nc2cc(Cl)c(F)c(Cl)c2)C1. The van der Waals surface area contributed by atoms with Crippen LogP contribution in [0.2, 0.25) is 10.0 Å². The van der Waals surface area contributed by atoms with Gasteiger partial charge in [-0.05, 0) is 30.9 Å². The van der Waals surface area contributed by atoms with E-state index in [9.17, 15) is 9.18 Å². The Morgan fingerprint density at radius 3 is 2.42 bits per heavy atom. The summed E-state index contributed by atoms with van der Waals surface area (Å²) >= 11 is 11.3. The fraction of sp³-hybridized carbons (Fsp3) is 0.385. The maximum Gasteiger partial charge on any atom is 0.244 e. The summed E-state index contributed by atoms with van der Waals surface area (Å²) in [5.74, 6) is -0.772. The molecule has 6 heteroatoms. The van der Waals surface area contributed by atoms with E-state index in [2.05, 4.69) is 11.4 Å². The lowest BCUT2D eigenvalue weighted by atomic mass is 9.63. The molecule has 1 aliphatic carbocycles. The fourth-order valence-corrected chi connectivity index (χ4v) is 2.82. The topological polar surface area (TPSA) is 52.9 Å². The highest BCUT2D eigenvalue weighted by Gasteiger charge is 2.48. The molecule has 0 spiro atoms. The van der Waals surface area contributed by atoms with Crippen LogP contribution < -0.4 is 5.32 Å². The first kappa shape index (κ1) is 14.1. The van der Waals surface area contributed by atoms with Crippen LogP contribution in [0, 0.1) is 28.5 Å². The molecule has 19 heavy (non-hydrogen) atoms. The molecule has 100 valence electrons. The molecule has 0 heterocycles. The molecule has 0 aromatic heterocycles. The van der Waals surface area contributed by atoms with Crippen LogP contribution in [-0.4, -0.2) is 5.91 Å². The Balaban J connectivity index is 2.18. The average Bonchev–Trinajstić information content (AvgIpc) is 2.31. The third kappa shape index (κ3) is 2.54. The maximum atomic E-state index is 13.2. The Hall–Kier alpha value is -1.31. The second kappa shape index (κ2) is 4.99. The number of hydrogen-bond acceptors (Lipinski definition) is 2. The van der Waals surface area contributed by atoms with Gasteiger partial charge in [-0.25, -0.2) is 4.39 Å². The van der Waals surface area contributed by atoms with Gasteiger partial charge in [0.15, 0.2) is 5.82 Å². The predicted molar refractivity (Wildman–Crippen MR) is 71.5 cm³/mol. The van der Waals surface area contributed by atoms with Crippen molar-refractivity contribution in [3.05, 3.63) is 28.0 Å². The summed E-state index contributed by atoms with van der Waals surface area (Å²) in [6.45, 7) is 1.98. The molecule has 1 saturated carbocycles. The minimum atomic E-state index is -0.993. The van der Waals surface area contributed by atoms with Gasteiger partial charge in [0.1, 0.15) is 5.41 Å². The van der Waals surface area contributed by atoms with Crippen LogP contribution in [0.15, 0.2) is 12.1 Å². The summed E-state index contributed by atoms with van der Waals surface area (Å²) < 4.78 is 13.2. The number of hydrogen-bond donors (Lipinski definition) is 1. The lowest BCUT2D eigenvalue weighted by Gasteiger charge is -2.39. The molecule has 0 bridgehead atoms. The Kier molecular flexibility index (Phi) is 3.71. The number of carbonyl (C=O) groups excluding carboxylic acids is 1. The smallest absolute Gasteiger partial charge is 0.244 e. The number of amides is 1. The van der Waals surface area contributed by atoms with Crippen molar-refractivity contribution in [2.75, 3.05) is 5.32 Å². The number of rotatable bonds is 2. The number of nitrogens with zero attached hydrogens (tertiary/aromatic N) is 1. The summed E-state index contributed by atoms with van der Waals surface area (Å²) in [4.78, 5) is 12.1. The van der Waals surface area contributed by atoms with E-state index >= 15 is 0 Å². The van der Waals surface area contributed by atoms with Crippen LogP contribution in [0.3, 0.4) is 0 Å². The molecule has 1 aromatic rings. The monoisotopic (exact) mass is 300 g/mol. The van der Waals surface area contributed by atoms with E-state index < -0.39 is 17.1 Å². The van der Waals surface area contributed by atoms with E-state index in [4.69, 9.17) is 28.5 Å². The van der Waals surface area contributed by atoms with Crippen molar-refractivity contribution in [3.8, 4) is 6.07 Å². The molecular formula is C13H11Cl2FN2O. The van der Waals surface area contributed by atoms with Gasteiger partial charge in [-0.3, -0.25) is 4.79 Å². The van der Waals surface area contributed by atoms with Gasteiger partial charge in [-0.2, -0.15) is 5.26 Å². The van der Waals surface area contributed by atoms with Crippen LogP contribution in [-0.2, 0) is 4.79 Å². The lowest BCUT2D eigenvalue weighted by Crippen LogP contribution is -2.45. The van der Waals surface area contributed by atoms with Gasteiger partial charge in [-0.15, -0.1) is 0 Å². The van der Waals surface area contributed by atoms with Gasteiger partial charge in [0.05, 0.1) is 16.1 Å². The van der Waals surface area contributed by atoms with Crippen LogP contribution in [0.25, 0.3) is 0 Å². The van der Waals surface area contributed by atoms with Crippen LogP contribution in [0.1, 0.15) is 19.8 Å². The Morgan fingerprint density at radius 1 is 1.47 bits per heavy atom. The van der Waals surface area contributed by atoms with Crippen LogP contribution in [0.5, 0.6) is 0 Å². The molecule has 1 aliphatic rings. The molecule has 0 aliphatic heterocycles. The summed E-state index contributed by atoms with van der Waals surface area (Å²) in [5, 5.41) is 11.4. The van der Waals surface area contributed by atoms with Gasteiger partial charge in [0.2, 0.25) is 5.91 Å². The molecule has 2 rings (SSSR count). The third-order valence-electron chi connectivity index (χ3n) is 3.28. The summed E-state index contributed by atoms with van der Waals surface area (Å²) in [5.41, 5.74) is -0.706. The third-order valence-corrected chi connectivity index (χ3v) is 3.83. The fourth-order valence-electron chi connectivity index (χ4n) is 2.34. The number of carbonyl (C=O) groups is 1. The Morgan fingerprint density at radius 2 is 2.00 bits per heavy atom. The molecule has 1 fully saturated rings. The summed E-state index contributed by atoms with van der Waals surface area (Å²) in [6.07, 6.45) is 1.05. The molecule has 0 saturated heterocycles. The zero-order valence-corrected chi connectivity index (χ0v) is 11.6. The van der Waals surface area contributed by atoms with E-state index in [1.807, 2.05) is 6.92 Å². The van der Waals surface area contributed by atoms with E-state index in [0.29, 0.717) is 18.8 Å². The van der Waals surface area contributed by atoms with E-state index in [1.165, 1.54) is 12.1 Å². The number of nitriles is 1. The Bertz CT molecular complexity index is 553. The minimum absolute atomic E-state index is 0.171. The largest absolute Gasteiger partial charge is 0.325 e. The zero-order valence-electron chi connectivity index (χ0n) is 10.1. The molecule has 3 nitrogen and oxygen atoms in total. The van der Waals surface area contributed by atoms with Crippen molar-refractivity contribution in [1.29, 1.82) is 5.26 Å². The van der Waals surface area contributed by atoms with E-state index in [1.54, 1.807) is 0 Å². The summed E-state index contributed by atoms with van der Waals surface area (Å²) in [7, 11) is 0. The zero-order chi connectivity index (χ0) is 14.2. The second-order valence-corrected chi connectivity index (χ2v) is 5.73. The Labute approximate surface area is 120 Å². The molecule has 1 aromatic carbocycles. The standard InChI is InChI=1S/C13H11Cl2FN2O/c1-7-4-13(5-7,6-17)12(19)18-8-2-9(14)11(16)10(15)3-8/h2-3,7H,4-5H2,1H3,(H,18,19). The normalized spacial score (nSPS) is 25.3. The molecular weight excluding hydrogens is 290 g/mol. The highest BCUT2D eigenvalue weighted by Crippen LogP contribution is 2.45. The molecule has 1 amide bonds. The average molecular weight is 301 g/mol. The lowest BCUT2D eigenvalue weighted by molar-refractivity contribution is -0.128. The number of nitrogens with one attached hydrogen (secondary N) is 1. The number of halogens is 3. The van der Waals surface area contributed by atoms with E-state index in [0.717, 1.165) is 0 Å². The second-order valence-electron chi connectivity index (χ2n) is 4.92. The summed E-state index contributed by atoms with van der Waals surface area (Å²) in [6, 6.07) is 4.60. The van der Waals surface area contributed by atoms with Gasteiger partial charge >= 0.3 is 0 Å². The molecule has 1 N–H and O–H groups in total. The number of anilines is 1. The molecule has 0 atom stereocenters. The van der Waals surface area contributed by atoms with Crippen molar-refractivity contribution in [2.45, 2.75) is 19.8 Å². The number of benzene rings is 1. The first-order chi connectivity index (χ1) is 8.88. The minimum Gasteiger partial charge on any atom is -0.325 e. The van der Waals surface area contributed by atoms with Crippen molar-refractivity contribution < 1.29 is 9.18 Å². The van der Waals surface area contributed by atoms with Gasteiger partial charge in [0, 0.05) is 5.69 Å². The van der Waals surface area contributed by atoms with Crippen molar-refractivity contribution in [2.24, 2.45) is 11.3 Å². The highest BCUT2D eigenvalue weighted by atomic mass is 35.5. The van der Waals surface area contributed by atoms with Crippen molar-refractivity contribution in [1.82, 2.24) is 0 Å². The predicted octanol–water partition coefficient (Wildman–Crippen LogP) is 4.01. The first-order valence-electron chi connectivity index (χ1n) is 5.75. The van der Waals surface area contributed by atoms with Crippen LogP contribution in [0.4, 0.5) is 10.1 Å². The quantitative estimate of drug-likeness (QED) is 0.839. The van der Waals surface area contributed by atoms with Crippen molar-refractivity contribution >= 4 is 34.8 Å². The maximum absolute atomic E-state index is 13.2. The van der Waals surface area contributed by atoms with Gasteiger partial charge in [-0.1, -0.05) is 30.1 Å². The first-order valence-corrected chi connectivity index (χ1v) is 6.51. The van der Waals surface area contributed by atoms with E-state index in [-0.39, 0.29) is 15.7 Å². The van der Waals surface area contributed by atoms with Crippen LogP contribution >= 0.6 is 23.2 Å². The molecule has 0 unspecified atom stereocenters. The van der Waals surface area contributed by atoms with Crippen molar-refractivity contribution in [3.63, 3.8) is 0 Å². The van der Waals surface area contributed by atoms with Gasteiger partial charge < -0.3 is 5.32 Å². The van der Waals surface area contributed by atoms with Gasteiger partial charge in [0.25, 0.3) is 0 Å². The molecule has 0 radical (unpaired) electrons.